The molecule has 1 N–H and O–H groups in total. The summed E-state index contributed by atoms with van der Waals surface area (Å²) in [5.74, 6) is 1.01. The van der Waals surface area contributed by atoms with Gasteiger partial charge in [0.15, 0.2) is 0 Å². The number of hydrogen-bond acceptors (Lipinski definition) is 3. The fourth-order valence-corrected chi connectivity index (χ4v) is 4.95. The molecule has 1 amide bonds. The zero-order valence-corrected chi connectivity index (χ0v) is 17.2. The quantitative estimate of drug-likeness (QED) is 0.725. The van der Waals surface area contributed by atoms with Gasteiger partial charge in [0.05, 0.1) is 6.54 Å². The van der Waals surface area contributed by atoms with Crippen LogP contribution in [0.25, 0.3) is 0 Å². The van der Waals surface area contributed by atoms with Gasteiger partial charge >= 0.3 is 0 Å². The molecule has 5 heteroatoms. The van der Waals surface area contributed by atoms with E-state index < -0.39 is 0 Å². The first-order valence-electron chi connectivity index (χ1n) is 10.9. The molecule has 5 nitrogen and oxygen atoms in total. The van der Waals surface area contributed by atoms with Gasteiger partial charge in [0.2, 0.25) is 5.91 Å². The van der Waals surface area contributed by atoms with Crippen molar-refractivity contribution in [2.45, 2.75) is 31.2 Å². The first kappa shape index (κ1) is 19.1. The van der Waals surface area contributed by atoms with Crippen molar-refractivity contribution < 1.29 is 4.79 Å². The van der Waals surface area contributed by atoms with E-state index in [1.54, 1.807) is 0 Å². The molecule has 1 fully saturated rings. The van der Waals surface area contributed by atoms with E-state index in [0.29, 0.717) is 19.0 Å². The number of aromatic nitrogens is 2. The predicted molar refractivity (Wildman–Crippen MR) is 117 cm³/mol. The number of carbonyl (C=O) groups is 1. The molecular weight excluding hydrogens is 372 g/mol. The lowest BCUT2D eigenvalue weighted by atomic mass is 9.84. The van der Waals surface area contributed by atoms with Crippen molar-refractivity contribution in [3.8, 4) is 0 Å². The standard InChI is InChI=1S/C25H28N4O/c30-25(18-28-14-11-20(12-15-28)24-10-13-26-27-24)29-16-21-8-4-5-9-22(21)23(17-29)19-6-2-1-3-7-19/h1-10,13,20,23H,11-12,14-18H2,(H,26,27). The maximum atomic E-state index is 13.2. The van der Waals surface area contributed by atoms with Crippen LogP contribution in [-0.2, 0) is 11.3 Å². The molecule has 2 aliphatic heterocycles. The molecule has 1 aromatic heterocycles. The number of carbonyl (C=O) groups excluding carboxylic acids is 1. The van der Waals surface area contributed by atoms with Crippen LogP contribution in [0.15, 0.2) is 66.9 Å². The zero-order chi connectivity index (χ0) is 20.3. The van der Waals surface area contributed by atoms with Crippen LogP contribution in [0.4, 0.5) is 0 Å². The molecule has 5 rings (SSSR count). The van der Waals surface area contributed by atoms with Crippen molar-refractivity contribution in [2.24, 2.45) is 0 Å². The molecule has 0 spiro atoms. The van der Waals surface area contributed by atoms with Gasteiger partial charge in [-0.15, -0.1) is 0 Å². The van der Waals surface area contributed by atoms with Crippen molar-refractivity contribution in [3.05, 3.63) is 89.2 Å². The highest BCUT2D eigenvalue weighted by Gasteiger charge is 2.30. The molecule has 2 aromatic carbocycles. The van der Waals surface area contributed by atoms with Gasteiger partial charge < -0.3 is 4.90 Å². The van der Waals surface area contributed by atoms with E-state index in [0.717, 1.165) is 32.5 Å². The van der Waals surface area contributed by atoms with Crippen molar-refractivity contribution in [1.29, 1.82) is 0 Å². The van der Waals surface area contributed by atoms with Gasteiger partial charge in [-0.1, -0.05) is 54.6 Å². The Hall–Kier alpha value is -2.92. The van der Waals surface area contributed by atoms with E-state index >= 15 is 0 Å². The van der Waals surface area contributed by atoms with E-state index in [1.165, 1.54) is 22.4 Å². The van der Waals surface area contributed by atoms with E-state index in [-0.39, 0.29) is 11.8 Å². The Labute approximate surface area is 177 Å². The minimum Gasteiger partial charge on any atom is -0.336 e. The number of benzene rings is 2. The van der Waals surface area contributed by atoms with Gasteiger partial charge in [-0.3, -0.25) is 14.8 Å². The summed E-state index contributed by atoms with van der Waals surface area (Å²) < 4.78 is 0. The van der Waals surface area contributed by atoms with Crippen LogP contribution in [-0.4, -0.2) is 52.1 Å². The van der Waals surface area contributed by atoms with E-state index in [2.05, 4.69) is 74.6 Å². The zero-order valence-electron chi connectivity index (χ0n) is 17.2. The molecular formula is C25H28N4O. The normalized spacial score (nSPS) is 20.1. The third-order valence-corrected chi connectivity index (χ3v) is 6.66. The number of aromatic amines is 1. The number of likely N-dealkylation sites (tertiary alicyclic amines) is 1. The van der Waals surface area contributed by atoms with Gasteiger partial charge in [0, 0.05) is 36.8 Å². The Bertz CT molecular complexity index is 977. The second-order valence-corrected chi connectivity index (χ2v) is 8.50. The SMILES string of the molecule is O=C(CN1CCC(c2ccn[nH]2)CC1)N1Cc2ccccc2C(c2ccccc2)C1. The summed E-state index contributed by atoms with van der Waals surface area (Å²) in [6.45, 7) is 3.90. The summed E-state index contributed by atoms with van der Waals surface area (Å²) in [6.07, 6.45) is 3.97. The molecule has 3 heterocycles. The first-order valence-corrected chi connectivity index (χ1v) is 10.9. The van der Waals surface area contributed by atoms with Crippen molar-refractivity contribution in [2.75, 3.05) is 26.2 Å². The van der Waals surface area contributed by atoms with Gasteiger partial charge in [-0.05, 0) is 48.7 Å². The molecule has 0 bridgehead atoms. The number of nitrogens with zero attached hydrogens (tertiary/aromatic N) is 3. The Balaban J connectivity index is 1.26. The molecule has 1 atom stereocenters. The molecule has 0 radical (unpaired) electrons. The molecule has 1 saturated heterocycles. The molecule has 2 aliphatic rings. The van der Waals surface area contributed by atoms with Crippen LogP contribution in [0.5, 0.6) is 0 Å². The largest absolute Gasteiger partial charge is 0.336 e. The number of piperidine rings is 1. The fraction of sp³-hybridized carbons (Fsp3) is 0.360. The number of hydrogen-bond donors (Lipinski definition) is 1. The first-order chi connectivity index (χ1) is 14.8. The summed E-state index contributed by atoms with van der Waals surface area (Å²) in [5.41, 5.74) is 5.12. The van der Waals surface area contributed by atoms with Crippen molar-refractivity contribution in [3.63, 3.8) is 0 Å². The number of rotatable bonds is 4. The molecule has 30 heavy (non-hydrogen) atoms. The molecule has 154 valence electrons. The number of amides is 1. The average Bonchev–Trinajstić information content (AvgIpc) is 3.34. The third kappa shape index (κ3) is 3.90. The highest BCUT2D eigenvalue weighted by molar-refractivity contribution is 5.79. The lowest BCUT2D eigenvalue weighted by Gasteiger charge is -2.37. The van der Waals surface area contributed by atoms with Crippen LogP contribution in [0.2, 0.25) is 0 Å². The number of nitrogens with one attached hydrogen (secondary N) is 1. The van der Waals surface area contributed by atoms with Crippen LogP contribution in [0.1, 0.15) is 47.1 Å². The summed E-state index contributed by atoms with van der Waals surface area (Å²) in [4.78, 5) is 17.6. The highest BCUT2D eigenvalue weighted by Crippen LogP contribution is 2.33. The topological polar surface area (TPSA) is 52.2 Å². The summed E-state index contributed by atoms with van der Waals surface area (Å²) in [6, 6.07) is 21.2. The van der Waals surface area contributed by atoms with Gasteiger partial charge in [0.1, 0.15) is 0 Å². The Morgan fingerprint density at radius 2 is 1.77 bits per heavy atom. The van der Waals surface area contributed by atoms with Crippen LogP contribution in [0, 0.1) is 0 Å². The Morgan fingerprint density at radius 3 is 2.53 bits per heavy atom. The van der Waals surface area contributed by atoms with E-state index in [4.69, 9.17) is 0 Å². The van der Waals surface area contributed by atoms with Gasteiger partial charge in [-0.2, -0.15) is 5.10 Å². The fourth-order valence-electron chi connectivity index (χ4n) is 4.95. The second-order valence-electron chi connectivity index (χ2n) is 8.50. The molecule has 0 aliphatic carbocycles. The van der Waals surface area contributed by atoms with Crippen molar-refractivity contribution >= 4 is 5.91 Å². The molecule has 0 saturated carbocycles. The monoisotopic (exact) mass is 400 g/mol. The summed E-state index contributed by atoms with van der Waals surface area (Å²) >= 11 is 0. The van der Waals surface area contributed by atoms with Gasteiger partial charge in [-0.25, -0.2) is 0 Å². The third-order valence-electron chi connectivity index (χ3n) is 6.66. The lowest BCUT2D eigenvalue weighted by Crippen LogP contribution is -2.45. The van der Waals surface area contributed by atoms with Crippen LogP contribution in [0.3, 0.4) is 0 Å². The van der Waals surface area contributed by atoms with Crippen molar-refractivity contribution in [1.82, 2.24) is 20.0 Å². The minimum absolute atomic E-state index is 0.241. The average molecular weight is 401 g/mol. The summed E-state index contributed by atoms with van der Waals surface area (Å²) in [5, 5.41) is 7.18. The van der Waals surface area contributed by atoms with E-state index in [1.807, 2.05) is 12.3 Å². The van der Waals surface area contributed by atoms with Gasteiger partial charge in [0.25, 0.3) is 0 Å². The summed E-state index contributed by atoms with van der Waals surface area (Å²) in [7, 11) is 0. The second kappa shape index (κ2) is 8.44. The van der Waals surface area contributed by atoms with E-state index in [9.17, 15) is 4.79 Å². The molecule has 3 aromatic rings. The maximum Gasteiger partial charge on any atom is 0.237 e. The highest BCUT2D eigenvalue weighted by atomic mass is 16.2. The number of H-pyrrole nitrogens is 1. The van der Waals surface area contributed by atoms with Crippen LogP contribution < -0.4 is 0 Å². The predicted octanol–water partition coefficient (Wildman–Crippen LogP) is 3.76. The number of fused-ring (bicyclic) bond motifs is 1. The Kier molecular flexibility index (Phi) is 5.37. The smallest absolute Gasteiger partial charge is 0.237 e. The molecule has 1 unspecified atom stereocenters. The maximum absolute atomic E-state index is 13.2. The Morgan fingerprint density at radius 1 is 1.00 bits per heavy atom. The lowest BCUT2D eigenvalue weighted by molar-refractivity contribution is -0.133. The minimum atomic E-state index is 0.241. The van der Waals surface area contributed by atoms with Crippen LogP contribution >= 0.6 is 0 Å².